The van der Waals surface area contributed by atoms with Crippen LogP contribution in [-0.4, -0.2) is 21.0 Å². The average Bonchev–Trinajstić information content (AvgIpc) is 2.93. The van der Waals surface area contributed by atoms with Gasteiger partial charge in [-0.1, -0.05) is 38.5 Å². The van der Waals surface area contributed by atoms with E-state index in [0.29, 0.717) is 12.0 Å². The standard InChI is InChI=1S/C15H22N4/c1-4-12(2)13(3)16-10-14-11-17-19(18-14)15-8-6-5-7-9-15/h5-9,11-13,16H,4,10H2,1-3H3. The molecule has 19 heavy (non-hydrogen) atoms. The van der Waals surface area contributed by atoms with Crippen LogP contribution in [0.1, 0.15) is 32.9 Å². The van der Waals surface area contributed by atoms with Gasteiger partial charge in [-0.05, 0) is 25.0 Å². The highest BCUT2D eigenvalue weighted by Crippen LogP contribution is 2.08. The van der Waals surface area contributed by atoms with E-state index in [0.717, 1.165) is 17.9 Å². The monoisotopic (exact) mass is 258 g/mol. The van der Waals surface area contributed by atoms with Crippen molar-refractivity contribution in [3.05, 3.63) is 42.2 Å². The SMILES string of the molecule is CCC(C)C(C)NCc1cnn(-c2ccccc2)n1. The van der Waals surface area contributed by atoms with Crippen LogP contribution in [-0.2, 0) is 6.54 Å². The summed E-state index contributed by atoms with van der Waals surface area (Å²) in [5.41, 5.74) is 1.96. The van der Waals surface area contributed by atoms with Gasteiger partial charge >= 0.3 is 0 Å². The summed E-state index contributed by atoms with van der Waals surface area (Å²) >= 11 is 0. The Morgan fingerprint density at radius 2 is 1.95 bits per heavy atom. The summed E-state index contributed by atoms with van der Waals surface area (Å²) < 4.78 is 0. The van der Waals surface area contributed by atoms with Crippen molar-refractivity contribution in [3.8, 4) is 5.69 Å². The number of benzene rings is 1. The molecule has 2 aromatic rings. The van der Waals surface area contributed by atoms with E-state index in [4.69, 9.17) is 0 Å². The first-order valence-corrected chi connectivity index (χ1v) is 6.90. The second-order valence-electron chi connectivity index (χ2n) is 5.02. The van der Waals surface area contributed by atoms with Gasteiger partial charge in [-0.15, -0.1) is 0 Å². The van der Waals surface area contributed by atoms with Crippen molar-refractivity contribution in [3.63, 3.8) is 0 Å². The van der Waals surface area contributed by atoms with E-state index in [1.165, 1.54) is 6.42 Å². The van der Waals surface area contributed by atoms with E-state index in [1.54, 1.807) is 4.80 Å². The van der Waals surface area contributed by atoms with E-state index in [-0.39, 0.29) is 0 Å². The molecule has 0 aliphatic carbocycles. The van der Waals surface area contributed by atoms with E-state index >= 15 is 0 Å². The van der Waals surface area contributed by atoms with E-state index in [1.807, 2.05) is 36.5 Å². The van der Waals surface area contributed by atoms with E-state index in [9.17, 15) is 0 Å². The number of hydrogen-bond acceptors (Lipinski definition) is 3. The lowest BCUT2D eigenvalue weighted by Gasteiger charge is -2.18. The molecule has 0 saturated heterocycles. The van der Waals surface area contributed by atoms with Crippen LogP contribution in [0.25, 0.3) is 5.69 Å². The molecule has 0 radical (unpaired) electrons. The summed E-state index contributed by atoms with van der Waals surface area (Å²) in [6, 6.07) is 10.5. The van der Waals surface area contributed by atoms with Crippen LogP contribution in [0.4, 0.5) is 0 Å². The number of rotatable bonds is 6. The molecule has 1 N–H and O–H groups in total. The molecule has 0 spiro atoms. The molecule has 0 aliphatic heterocycles. The normalized spacial score (nSPS) is 14.3. The van der Waals surface area contributed by atoms with Crippen LogP contribution < -0.4 is 5.32 Å². The van der Waals surface area contributed by atoms with Crippen molar-refractivity contribution in [2.45, 2.75) is 39.8 Å². The molecule has 4 heteroatoms. The highest BCUT2D eigenvalue weighted by molar-refractivity contribution is 5.28. The fourth-order valence-electron chi connectivity index (χ4n) is 1.88. The molecule has 0 bridgehead atoms. The third-order valence-corrected chi connectivity index (χ3v) is 3.63. The molecule has 102 valence electrons. The maximum Gasteiger partial charge on any atom is 0.0969 e. The topological polar surface area (TPSA) is 42.7 Å². The first-order valence-electron chi connectivity index (χ1n) is 6.90. The molecule has 2 unspecified atom stereocenters. The summed E-state index contributed by atoms with van der Waals surface area (Å²) in [4.78, 5) is 1.67. The summed E-state index contributed by atoms with van der Waals surface area (Å²) in [5.74, 6) is 0.671. The first kappa shape index (κ1) is 13.7. The fraction of sp³-hybridized carbons (Fsp3) is 0.467. The molecule has 1 aromatic carbocycles. The minimum atomic E-state index is 0.492. The average molecular weight is 258 g/mol. The Morgan fingerprint density at radius 1 is 1.21 bits per heavy atom. The Balaban J connectivity index is 1.95. The second-order valence-corrected chi connectivity index (χ2v) is 5.02. The molecule has 4 nitrogen and oxygen atoms in total. The van der Waals surface area contributed by atoms with Crippen LogP contribution in [0, 0.1) is 5.92 Å². The molecule has 0 aliphatic rings. The van der Waals surface area contributed by atoms with Gasteiger partial charge in [-0.3, -0.25) is 0 Å². The van der Waals surface area contributed by atoms with E-state index < -0.39 is 0 Å². The van der Waals surface area contributed by atoms with Gasteiger partial charge in [0, 0.05) is 12.6 Å². The predicted octanol–water partition coefficient (Wildman–Crippen LogP) is 2.79. The largest absolute Gasteiger partial charge is 0.308 e. The lowest BCUT2D eigenvalue weighted by molar-refractivity contribution is 0.387. The zero-order valence-corrected chi connectivity index (χ0v) is 11.9. The van der Waals surface area contributed by atoms with Gasteiger partial charge < -0.3 is 5.32 Å². The maximum atomic E-state index is 4.48. The molecule has 2 rings (SSSR count). The quantitative estimate of drug-likeness (QED) is 0.866. The van der Waals surface area contributed by atoms with Crippen LogP contribution >= 0.6 is 0 Å². The zero-order valence-electron chi connectivity index (χ0n) is 11.9. The van der Waals surface area contributed by atoms with Crippen LogP contribution in [0.2, 0.25) is 0 Å². The van der Waals surface area contributed by atoms with Gasteiger partial charge in [0.25, 0.3) is 0 Å². The lowest BCUT2D eigenvalue weighted by atomic mass is 10.0. The zero-order chi connectivity index (χ0) is 13.7. The smallest absolute Gasteiger partial charge is 0.0969 e. The molecular weight excluding hydrogens is 236 g/mol. The fourth-order valence-corrected chi connectivity index (χ4v) is 1.88. The highest BCUT2D eigenvalue weighted by atomic mass is 15.5. The Hall–Kier alpha value is -1.68. The molecular formula is C15H22N4. The maximum absolute atomic E-state index is 4.48. The molecule has 1 heterocycles. The van der Waals surface area contributed by atoms with Crippen molar-refractivity contribution in [1.82, 2.24) is 20.3 Å². The van der Waals surface area contributed by atoms with Crippen molar-refractivity contribution in [2.24, 2.45) is 5.92 Å². The molecule has 2 atom stereocenters. The summed E-state index contributed by atoms with van der Waals surface area (Å²) in [7, 11) is 0. The van der Waals surface area contributed by atoms with Gasteiger partial charge in [0.1, 0.15) is 0 Å². The lowest BCUT2D eigenvalue weighted by Crippen LogP contribution is -2.31. The van der Waals surface area contributed by atoms with E-state index in [2.05, 4.69) is 36.3 Å². The second kappa shape index (κ2) is 6.48. The van der Waals surface area contributed by atoms with Gasteiger partial charge in [0.2, 0.25) is 0 Å². The summed E-state index contributed by atoms with van der Waals surface area (Å²) in [5, 5.41) is 12.3. The third-order valence-electron chi connectivity index (χ3n) is 3.63. The summed E-state index contributed by atoms with van der Waals surface area (Å²) in [6.45, 7) is 7.46. The van der Waals surface area contributed by atoms with Crippen molar-refractivity contribution >= 4 is 0 Å². The van der Waals surface area contributed by atoms with Crippen LogP contribution in [0.3, 0.4) is 0 Å². The van der Waals surface area contributed by atoms with Crippen molar-refractivity contribution in [1.29, 1.82) is 0 Å². The third kappa shape index (κ3) is 3.64. The Morgan fingerprint density at radius 3 is 2.63 bits per heavy atom. The van der Waals surface area contributed by atoms with Crippen LogP contribution in [0.15, 0.2) is 36.5 Å². The summed E-state index contributed by atoms with van der Waals surface area (Å²) in [6.07, 6.45) is 3.01. The Bertz CT molecular complexity index is 492. The first-order chi connectivity index (χ1) is 9.20. The van der Waals surface area contributed by atoms with Crippen molar-refractivity contribution < 1.29 is 0 Å². The highest BCUT2D eigenvalue weighted by Gasteiger charge is 2.10. The Kier molecular flexibility index (Phi) is 4.68. The molecule has 0 fully saturated rings. The number of nitrogens with zero attached hydrogens (tertiary/aromatic N) is 3. The minimum absolute atomic E-state index is 0.492. The number of para-hydroxylation sites is 1. The van der Waals surface area contributed by atoms with Gasteiger partial charge in [0.15, 0.2) is 0 Å². The van der Waals surface area contributed by atoms with Gasteiger partial charge in [0.05, 0.1) is 17.6 Å². The number of aromatic nitrogens is 3. The van der Waals surface area contributed by atoms with Gasteiger partial charge in [-0.25, -0.2) is 0 Å². The van der Waals surface area contributed by atoms with Gasteiger partial charge in [-0.2, -0.15) is 15.0 Å². The van der Waals surface area contributed by atoms with Crippen molar-refractivity contribution in [2.75, 3.05) is 0 Å². The number of nitrogens with one attached hydrogen (secondary N) is 1. The molecule has 0 amide bonds. The predicted molar refractivity (Wildman–Crippen MR) is 77.1 cm³/mol. The molecule has 1 aromatic heterocycles. The minimum Gasteiger partial charge on any atom is -0.308 e. The number of hydrogen-bond donors (Lipinski definition) is 1. The molecule has 0 saturated carbocycles. The Labute approximate surface area is 114 Å². The van der Waals surface area contributed by atoms with Crippen LogP contribution in [0.5, 0.6) is 0 Å².